The number of benzene rings is 1. The van der Waals surface area contributed by atoms with Gasteiger partial charge in [-0.05, 0) is 60.9 Å². The normalized spacial score (nSPS) is 21.0. The van der Waals surface area contributed by atoms with Crippen LogP contribution in [-0.4, -0.2) is 46.7 Å². The molecule has 1 saturated carbocycles. The molecule has 0 spiro atoms. The van der Waals surface area contributed by atoms with Gasteiger partial charge in [-0.25, -0.2) is 0 Å². The Morgan fingerprint density at radius 2 is 2.03 bits per heavy atom. The number of carbonyl (C=O) groups is 3. The minimum Gasteiger partial charge on any atom is -0.339 e. The summed E-state index contributed by atoms with van der Waals surface area (Å²) in [5, 5.41) is 5.06. The molecule has 0 unspecified atom stereocenters. The summed E-state index contributed by atoms with van der Waals surface area (Å²) in [5.74, 6) is -0.386. The van der Waals surface area contributed by atoms with Crippen LogP contribution in [0, 0.1) is 12.8 Å². The zero-order chi connectivity index (χ0) is 20.8. The fourth-order valence-corrected chi connectivity index (χ4v) is 5.37. The maximum Gasteiger partial charge on any atom is 0.254 e. The summed E-state index contributed by atoms with van der Waals surface area (Å²) in [4.78, 5) is 43.3. The van der Waals surface area contributed by atoms with Crippen molar-refractivity contribution in [2.24, 2.45) is 5.92 Å². The van der Waals surface area contributed by atoms with Crippen LogP contribution in [0.4, 0.5) is 5.69 Å². The highest BCUT2D eigenvalue weighted by atomic mass is 32.1. The van der Waals surface area contributed by atoms with Gasteiger partial charge in [-0.3, -0.25) is 14.4 Å². The Kier molecular flexibility index (Phi) is 4.85. The minimum absolute atomic E-state index is 0.00333. The molecule has 2 aliphatic heterocycles. The van der Waals surface area contributed by atoms with Crippen molar-refractivity contribution in [3.63, 3.8) is 0 Å². The number of nitrogens with one attached hydrogen (secondary N) is 1. The summed E-state index contributed by atoms with van der Waals surface area (Å²) < 4.78 is 0. The van der Waals surface area contributed by atoms with Crippen molar-refractivity contribution in [2.75, 3.05) is 18.4 Å². The van der Waals surface area contributed by atoms with E-state index in [1.165, 1.54) is 10.4 Å². The Balaban J connectivity index is 1.29. The molecule has 1 N–H and O–H groups in total. The molecule has 1 aromatic heterocycles. The van der Waals surface area contributed by atoms with Crippen LogP contribution >= 0.6 is 11.3 Å². The first-order valence-electron chi connectivity index (χ1n) is 10.6. The zero-order valence-corrected chi connectivity index (χ0v) is 17.8. The predicted octanol–water partition coefficient (Wildman–Crippen LogP) is 3.20. The molecule has 2 fully saturated rings. The van der Waals surface area contributed by atoms with Gasteiger partial charge in [-0.1, -0.05) is 6.07 Å². The van der Waals surface area contributed by atoms with Gasteiger partial charge in [0.2, 0.25) is 11.8 Å². The van der Waals surface area contributed by atoms with E-state index in [0.717, 1.165) is 24.8 Å². The van der Waals surface area contributed by atoms with Crippen molar-refractivity contribution in [3.8, 4) is 0 Å². The van der Waals surface area contributed by atoms with Crippen LogP contribution in [0.25, 0.3) is 0 Å². The standard InChI is InChI=1S/C23H25N3O3S/c1-14-18(23(29)25-9-7-20-15(12-25)8-10-30-20)3-2-4-19(14)24-22(28)16-11-21(27)26(13-16)17-5-6-17/h2-4,8,10,16-17H,5-7,9,11-13H2,1H3,(H,24,28)/t16-/m1/s1. The molecule has 1 aromatic carbocycles. The highest BCUT2D eigenvalue weighted by Crippen LogP contribution is 2.33. The second-order valence-corrected chi connectivity index (χ2v) is 9.49. The smallest absolute Gasteiger partial charge is 0.254 e. The molecule has 5 rings (SSSR count). The molecule has 3 aliphatic rings. The van der Waals surface area contributed by atoms with Crippen LogP contribution < -0.4 is 5.32 Å². The predicted molar refractivity (Wildman–Crippen MR) is 115 cm³/mol. The van der Waals surface area contributed by atoms with Crippen molar-refractivity contribution in [2.45, 2.75) is 45.2 Å². The topological polar surface area (TPSA) is 69.7 Å². The number of likely N-dealkylation sites (tertiary alicyclic amines) is 1. The van der Waals surface area contributed by atoms with Crippen molar-refractivity contribution in [1.82, 2.24) is 9.80 Å². The summed E-state index contributed by atoms with van der Waals surface area (Å²) in [6.45, 7) is 3.72. The summed E-state index contributed by atoms with van der Waals surface area (Å²) in [6, 6.07) is 7.89. The Morgan fingerprint density at radius 3 is 2.83 bits per heavy atom. The van der Waals surface area contributed by atoms with Gasteiger partial charge in [0.1, 0.15) is 0 Å². The van der Waals surface area contributed by atoms with E-state index >= 15 is 0 Å². The number of nitrogens with zero attached hydrogens (tertiary/aromatic N) is 2. The number of hydrogen-bond acceptors (Lipinski definition) is 4. The molecular formula is C23H25N3O3S. The van der Waals surface area contributed by atoms with Crippen molar-refractivity contribution < 1.29 is 14.4 Å². The van der Waals surface area contributed by atoms with E-state index in [-0.39, 0.29) is 30.1 Å². The Bertz CT molecular complexity index is 1030. The number of amides is 3. The molecule has 0 bridgehead atoms. The average molecular weight is 424 g/mol. The van der Waals surface area contributed by atoms with Crippen LogP contribution in [0.15, 0.2) is 29.6 Å². The molecule has 30 heavy (non-hydrogen) atoms. The van der Waals surface area contributed by atoms with Crippen LogP contribution in [0.3, 0.4) is 0 Å². The summed E-state index contributed by atoms with van der Waals surface area (Å²) in [6.07, 6.45) is 3.26. The van der Waals surface area contributed by atoms with Crippen molar-refractivity contribution in [1.29, 1.82) is 0 Å². The van der Waals surface area contributed by atoms with Gasteiger partial charge in [-0.15, -0.1) is 11.3 Å². The Morgan fingerprint density at radius 1 is 1.20 bits per heavy atom. The largest absolute Gasteiger partial charge is 0.339 e. The van der Waals surface area contributed by atoms with Gasteiger partial charge in [-0.2, -0.15) is 0 Å². The molecule has 3 amide bonds. The van der Waals surface area contributed by atoms with Crippen molar-refractivity contribution >= 4 is 34.7 Å². The number of rotatable bonds is 4. The molecule has 6 nitrogen and oxygen atoms in total. The zero-order valence-electron chi connectivity index (χ0n) is 17.0. The van der Waals surface area contributed by atoms with Gasteiger partial charge in [0.15, 0.2) is 0 Å². The van der Waals surface area contributed by atoms with E-state index < -0.39 is 0 Å². The third kappa shape index (κ3) is 3.51. The second kappa shape index (κ2) is 7.54. The lowest BCUT2D eigenvalue weighted by molar-refractivity contribution is -0.128. The summed E-state index contributed by atoms with van der Waals surface area (Å²) in [5.41, 5.74) is 3.27. The van der Waals surface area contributed by atoms with E-state index in [9.17, 15) is 14.4 Å². The van der Waals surface area contributed by atoms with Crippen LogP contribution in [0.5, 0.6) is 0 Å². The van der Waals surface area contributed by atoms with E-state index in [0.29, 0.717) is 36.9 Å². The van der Waals surface area contributed by atoms with Crippen LogP contribution in [0.1, 0.15) is 45.6 Å². The first-order valence-corrected chi connectivity index (χ1v) is 11.4. The first kappa shape index (κ1) is 19.3. The quantitative estimate of drug-likeness (QED) is 0.821. The number of thiophene rings is 1. The lowest BCUT2D eigenvalue weighted by Crippen LogP contribution is -2.35. The van der Waals surface area contributed by atoms with Gasteiger partial charge < -0.3 is 15.1 Å². The molecule has 1 aliphatic carbocycles. The lowest BCUT2D eigenvalue weighted by atomic mass is 10.0. The SMILES string of the molecule is Cc1c(NC(=O)[C@@H]2CC(=O)N(C3CC3)C2)cccc1C(=O)N1CCc2sccc2C1. The molecule has 2 aromatic rings. The monoisotopic (exact) mass is 423 g/mol. The summed E-state index contributed by atoms with van der Waals surface area (Å²) in [7, 11) is 0. The fraction of sp³-hybridized carbons (Fsp3) is 0.435. The molecule has 156 valence electrons. The van der Waals surface area contributed by atoms with Gasteiger partial charge >= 0.3 is 0 Å². The molecule has 0 radical (unpaired) electrons. The lowest BCUT2D eigenvalue weighted by Gasteiger charge is -2.28. The number of carbonyl (C=O) groups excluding carboxylic acids is 3. The van der Waals surface area contributed by atoms with E-state index in [1.54, 1.807) is 11.3 Å². The van der Waals surface area contributed by atoms with Crippen LogP contribution in [-0.2, 0) is 22.6 Å². The van der Waals surface area contributed by atoms with Crippen molar-refractivity contribution in [3.05, 3.63) is 51.2 Å². The maximum atomic E-state index is 13.2. The van der Waals surface area contributed by atoms with E-state index in [1.807, 2.05) is 34.9 Å². The third-order valence-electron chi connectivity index (χ3n) is 6.43. The highest BCUT2D eigenvalue weighted by Gasteiger charge is 2.41. The average Bonchev–Trinajstić information content (AvgIpc) is 3.34. The molecule has 7 heteroatoms. The van der Waals surface area contributed by atoms with E-state index in [4.69, 9.17) is 0 Å². The second-order valence-electron chi connectivity index (χ2n) is 8.49. The maximum absolute atomic E-state index is 13.2. The Labute approximate surface area is 179 Å². The van der Waals surface area contributed by atoms with E-state index in [2.05, 4.69) is 16.8 Å². The number of fused-ring (bicyclic) bond motifs is 1. The highest BCUT2D eigenvalue weighted by molar-refractivity contribution is 7.10. The molecule has 1 atom stereocenters. The van der Waals surface area contributed by atoms with Gasteiger partial charge in [0.25, 0.3) is 5.91 Å². The first-order chi connectivity index (χ1) is 14.5. The van der Waals surface area contributed by atoms with Gasteiger partial charge in [0, 0.05) is 48.2 Å². The number of anilines is 1. The third-order valence-corrected chi connectivity index (χ3v) is 7.46. The number of hydrogen-bond donors (Lipinski definition) is 1. The molecular weight excluding hydrogens is 398 g/mol. The fourth-order valence-electron chi connectivity index (χ4n) is 4.48. The summed E-state index contributed by atoms with van der Waals surface area (Å²) >= 11 is 1.75. The van der Waals surface area contributed by atoms with Gasteiger partial charge in [0.05, 0.1) is 5.92 Å². The van der Waals surface area contributed by atoms with Crippen LogP contribution in [0.2, 0.25) is 0 Å². The molecule has 3 heterocycles. The Hall–Kier alpha value is -2.67. The minimum atomic E-state index is -0.323. The molecule has 1 saturated heterocycles.